The van der Waals surface area contributed by atoms with Gasteiger partial charge in [-0.25, -0.2) is 0 Å². The number of non-ortho nitro benzene ring substituents is 1. The molecule has 7 nitrogen and oxygen atoms in total. The lowest BCUT2D eigenvalue weighted by Crippen LogP contribution is -2.36. The molecule has 0 spiro atoms. The van der Waals surface area contributed by atoms with Crippen molar-refractivity contribution in [2.75, 3.05) is 6.54 Å². The largest absolute Gasteiger partial charge is 0.350 e. The highest BCUT2D eigenvalue weighted by Crippen LogP contribution is 2.26. The highest BCUT2D eigenvalue weighted by molar-refractivity contribution is 6.30. The summed E-state index contributed by atoms with van der Waals surface area (Å²) in [5.74, 6) is -0.396. The Balaban J connectivity index is 1.81. The summed E-state index contributed by atoms with van der Waals surface area (Å²) < 4.78 is 0. The Morgan fingerprint density at radius 1 is 1.31 bits per heavy atom. The highest BCUT2D eigenvalue weighted by Gasteiger charge is 2.24. The van der Waals surface area contributed by atoms with Gasteiger partial charge in [-0.15, -0.1) is 0 Å². The molecule has 2 N–H and O–H groups in total. The number of rotatable bonds is 5. The van der Waals surface area contributed by atoms with Gasteiger partial charge in [0.15, 0.2) is 5.69 Å². The van der Waals surface area contributed by atoms with Crippen LogP contribution in [-0.4, -0.2) is 27.6 Å². The van der Waals surface area contributed by atoms with Gasteiger partial charge in [-0.3, -0.25) is 20.0 Å². The van der Waals surface area contributed by atoms with Gasteiger partial charge in [0.25, 0.3) is 11.6 Å². The summed E-state index contributed by atoms with van der Waals surface area (Å²) in [5, 5.41) is 21.6. The second-order valence-corrected chi connectivity index (χ2v) is 7.07. The molecule has 0 saturated heterocycles. The smallest absolute Gasteiger partial charge is 0.272 e. The molecule has 0 aliphatic heterocycles. The van der Waals surface area contributed by atoms with Crippen LogP contribution in [0.1, 0.15) is 29.9 Å². The minimum Gasteiger partial charge on any atom is -0.350 e. The SMILES string of the molecule is CC(C)(CNC(=O)c1n[nH]c2ccc([N+](=O)[O-])cc12)c1cccc(Cl)c1. The Morgan fingerprint density at radius 2 is 2.08 bits per heavy atom. The molecule has 0 atom stereocenters. The quantitative estimate of drug-likeness (QED) is 0.525. The Morgan fingerprint density at radius 3 is 2.77 bits per heavy atom. The lowest BCUT2D eigenvalue weighted by Gasteiger charge is -2.25. The molecule has 2 aromatic carbocycles. The van der Waals surface area contributed by atoms with Crippen molar-refractivity contribution >= 4 is 34.1 Å². The van der Waals surface area contributed by atoms with E-state index in [0.717, 1.165) is 5.56 Å². The van der Waals surface area contributed by atoms with Crippen molar-refractivity contribution in [2.24, 2.45) is 0 Å². The molecule has 0 bridgehead atoms. The van der Waals surface area contributed by atoms with Crippen molar-refractivity contribution in [2.45, 2.75) is 19.3 Å². The number of nitro benzene ring substituents is 1. The topological polar surface area (TPSA) is 101 Å². The van der Waals surface area contributed by atoms with Gasteiger partial charge in [-0.05, 0) is 23.8 Å². The van der Waals surface area contributed by atoms with Crippen molar-refractivity contribution < 1.29 is 9.72 Å². The summed E-state index contributed by atoms with van der Waals surface area (Å²) in [4.78, 5) is 23.0. The first-order chi connectivity index (χ1) is 12.3. The maximum atomic E-state index is 12.6. The van der Waals surface area contributed by atoms with Crippen LogP contribution in [0, 0.1) is 10.1 Å². The summed E-state index contributed by atoms with van der Waals surface area (Å²) >= 11 is 6.04. The molecule has 0 aliphatic rings. The number of carbonyl (C=O) groups excluding carboxylic acids is 1. The molecule has 8 heteroatoms. The van der Waals surface area contributed by atoms with Crippen LogP contribution < -0.4 is 5.32 Å². The first-order valence-corrected chi connectivity index (χ1v) is 8.32. The van der Waals surface area contributed by atoms with E-state index < -0.39 is 10.8 Å². The zero-order valence-corrected chi connectivity index (χ0v) is 15.0. The number of hydrogen-bond donors (Lipinski definition) is 2. The minimum absolute atomic E-state index is 0.0905. The third kappa shape index (κ3) is 3.52. The summed E-state index contributed by atoms with van der Waals surface area (Å²) in [5.41, 5.74) is 1.25. The zero-order valence-electron chi connectivity index (χ0n) is 14.2. The third-order valence-corrected chi connectivity index (χ3v) is 4.50. The van der Waals surface area contributed by atoms with Crippen LogP contribution in [0.4, 0.5) is 5.69 Å². The van der Waals surface area contributed by atoms with E-state index in [1.165, 1.54) is 18.2 Å². The fourth-order valence-corrected chi connectivity index (χ4v) is 2.88. The first-order valence-electron chi connectivity index (χ1n) is 7.95. The van der Waals surface area contributed by atoms with Gasteiger partial charge >= 0.3 is 0 Å². The van der Waals surface area contributed by atoms with Crippen molar-refractivity contribution in [1.29, 1.82) is 0 Å². The van der Waals surface area contributed by atoms with Gasteiger partial charge < -0.3 is 5.32 Å². The number of carbonyl (C=O) groups is 1. The molecule has 0 radical (unpaired) electrons. The maximum absolute atomic E-state index is 12.6. The number of amides is 1. The van der Waals surface area contributed by atoms with Gasteiger partial charge in [0.2, 0.25) is 0 Å². The zero-order chi connectivity index (χ0) is 18.9. The molecule has 1 aromatic heterocycles. The molecular weight excluding hydrogens is 356 g/mol. The molecule has 0 unspecified atom stereocenters. The fourth-order valence-electron chi connectivity index (χ4n) is 2.69. The molecule has 3 rings (SSSR count). The van der Waals surface area contributed by atoms with E-state index in [0.29, 0.717) is 22.5 Å². The molecule has 0 fully saturated rings. The summed E-state index contributed by atoms with van der Waals surface area (Å²) in [6.45, 7) is 4.34. The lowest BCUT2D eigenvalue weighted by molar-refractivity contribution is -0.384. The second kappa shape index (κ2) is 6.76. The van der Waals surface area contributed by atoms with E-state index in [1.54, 1.807) is 6.07 Å². The molecule has 1 amide bonds. The number of nitrogens with one attached hydrogen (secondary N) is 2. The average Bonchev–Trinajstić information content (AvgIpc) is 3.03. The van der Waals surface area contributed by atoms with Crippen LogP contribution in [0.2, 0.25) is 5.02 Å². The number of aromatic nitrogens is 2. The average molecular weight is 373 g/mol. The van der Waals surface area contributed by atoms with Crippen LogP contribution >= 0.6 is 11.6 Å². The van der Waals surface area contributed by atoms with Crippen LogP contribution in [0.25, 0.3) is 10.9 Å². The van der Waals surface area contributed by atoms with E-state index in [1.807, 2.05) is 32.0 Å². The van der Waals surface area contributed by atoms with Crippen LogP contribution in [-0.2, 0) is 5.41 Å². The molecule has 26 heavy (non-hydrogen) atoms. The van der Waals surface area contributed by atoms with Gasteiger partial charge in [-0.2, -0.15) is 5.10 Å². The summed E-state index contributed by atoms with van der Waals surface area (Å²) in [7, 11) is 0. The molecule has 0 saturated carbocycles. The fraction of sp³-hybridized carbons (Fsp3) is 0.222. The molecule has 3 aromatic rings. The number of nitrogens with zero attached hydrogens (tertiary/aromatic N) is 2. The standard InChI is InChI=1S/C18H17ClN4O3/c1-18(2,11-4-3-5-12(19)8-11)10-20-17(24)16-14-9-13(23(25)26)6-7-15(14)21-22-16/h3-9H,10H2,1-2H3,(H,20,24)(H,21,22). The number of H-pyrrole nitrogens is 1. The number of fused-ring (bicyclic) bond motifs is 1. The number of benzene rings is 2. The van der Waals surface area contributed by atoms with Crippen LogP contribution in [0.5, 0.6) is 0 Å². The Hall–Kier alpha value is -2.93. The summed E-state index contributed by atoms with van der Waals surface area (Å²) in [6, 6.07) is 11.7. The van der Waals surface area contributed by atoms with E-state index in [9.17, 15) is 14.9 Å². The van der Waals surface area contributed by atoms with E-state index >= 15 is 0 Å². The van der Waals surface area contributed by atoms with Gasteiger partial charge in [0.05, 0.1) is 10.4 Å². The summed E-state index contributed by atoms with van der Waals surface area (Å²) in [6.07, 6.45) is 0. The van der Waals surface area contributed by atoms with E-state index in [2.05, 4.69) is 15.5 Å². The number of nitro groups is 1. The number of aromatic amines is 1. The van der Waals surface area contributed by atoms with Gasteiger partial charge in [0.1, 0.15) is 0 Å². The monoisotopic (exact) mass is 372 g/mol. The third-order valence-electron chi connectivity index (χ3n) is 4.27. The highest BCUT2D eigenvalue weighted by atomic mass is 35.5. The first kappa shape index (κ1) is 17.9. The maximum Gasteiger partial charge on any atom is 0.272 e. The Labute approximate surface area is 154 Å². The molecule has 134 valence electrons. The van der Waals surface area contributed by atoms with Gasteiger partial charge in [0, 0.05) is 34.5 Å². The van der Waals surface area contributed by atoms with E-state index in [4.69, 9.17) is 11.6 Å². The normalized spacial score (nSPS) is 11.5. The van der Waals surface area contributed by atoms with E-state index in [-0.39, 0.29) is 16.8 Å². The lowest BCUT2D eigenvalue weighted by atomic mass is 9.84. The van der Waals surface area contributed by atoms with Crippen LogP contribution in [0.15, 0.2) is 42.5 Å². The predicted molar refractivity (Wildman–Crippen MR) is 99.6 cm³/mol. The van der Waals surface area contributed by atoms with Crippen molar-refractivity contribution in [1.82, 2.24) is 15.5 Å². The van der Waals surface area contributed by atoms with Crippen molar-refractivity contribution in [3.63, 3.8) is 0 Å². The van der Waals surface area contributed by atoms with Crippen LogP contribution in [0.3, 0.4) is 0 Å². The predicted octanol–water partition coefficient (Wildman–Crippen LogP) is 3.83. The molecule has 1 heterocycles. The number of hydrogen-bond acceptors (Lipinski definition) is 4. The van der Waals surface area contributed by atoms with Gasteiger partial charge in [-0.1, -0.05) is 37.6 Å². The second-order valence-electron chi connectivity index (χ2n) is 6.64. The van der Waals surface area contributed by atoms with Crippen molar-refractivity contribution in [3.8, 4) is 0 Å². The number of halogens is 1. The molecule has 0 aliphatic carbocycles. The van der Waals surface area contributed by atoms with Crippen molar-refractivity contribution in [3.05, 3.63) is 68.9 Å². The molecular formula is C18H17ClN4O3. The Bertz CT molecular complexity index is 997. The minimum atomic E-state index is -0.504. The Kier molecular flexibility index (Phi) is 4.65.